The molecule has 1 amide bonds. The van der Waals surface area contributed by atoms with E-state index in [2.05, 4.69) is 34.3 Å². The summed E-state index contributed by atoms with van der Waals surface area (Å²) in [5, 5.41) is 3.37. The Morgan fingerprint density at radius 3 is 2.21 bits per heavy atom. The summed E-state index contributed by atoms with van der Waals surface area (Å²) in [5.74, 6) is 1.52. The van der Waals surface area contributed by atoms with Gasteiger partial charge in [0, 0.05) is 67.3 Å². The van der Waals surface area contributed by atoms with Gasteiger partial charge in [-0.05, 0) is 62.4 Å². The maximum absolute atomic E-state index is 13.0. The van der Waals surface area contributed by atoms with Crippen LogP contribution in [0, 0.1) is 13.8 Å². The van der Waals surface area contributed by atoms with Gasteiger partial charge in [-0.15, -0.1) is 0 Å². The van der Waals surface area contributed by atoms with Gasteiger partial charge in [0.2, 0.25) is 5.95 Å². The fourth-order valence-electron chi connectivity index (χ4n) is 4.12. The van der Waals surface area contributed by atoms with Crippen molar-refractivity contribution >= 4 is 23.4 Å². The molecule has 0 saturated carbocycles. The zero-order valence-electron chi connectivity index (χ0n) is 19.5. The average Bonchev–Trinajstić information content (AvgIpc) is 3.40. The number of nitrogens with one attached hydrogen (secondary N) is 1. The lowest BCUT2D eigenvalue weighted by molar-refractivity contribution is 0.0746. The number of aryl methyl sites for hydroxylation is 2. The molecule has 1 N–H and O–H groups in total. The Bertz CT molecular complexity index is 1260. The van der Waals surface area contributed by atoms with Crippen molar-refractivity contribution in [2.45, 2.75) is 13.8 Å². The highest BCUT2D eigenvalue weighted by Crippen LogP contribution is 2.21. The van der Waals surface area contributed by atoms with Crippen molar-refractivity contribution in [1.82, 2.24) is 19.4 Å². The van der Waals surface area contributed by atoms with Gasteiger partial charge in [0.25, 0.3) is 5.91 Å². The van der Waals surface area contributed by atoms with Crippen molar-refractivity contribution in [3.8, 4) is 5.69 Å². The Kier molecular flexibility index (Phi) is 5.99. The third kappa shape index (κ3) is 4.78. The van der Waals surface area contributed by atoms with E-state index in [-0.39, 0.29) is 5.91 Å². The number of hydrogen-bond acceptors (Lipinski definition) is 5. The highest BCUT2D eigenvalue weighted by molar-refractivity contribution is 5.94. The van der Waals surface area contributed by atoms with E-state index in [0.29, 0.717) is 37.7 Å². The number of benzene rings is 2. The number of hydrogen-bond donors (Lipinski definition) is 1. The summed E-state index contributed by atoms with van der Waals surface area (Å²) in [6, 6.07) is 21.9. The molecule has 5 rings (SSSR count). The van der Waals surface area contributed by atoms with E-state index >= 15 is 0 Å². The SMILES string of the molecule is Cc1ccc(Nc2cc(C)nc(N3CCN(C(=O)c4ccc(-n5cccc5)cc4)CC3)n2)cc1. The zero-order chi connectivity index (χ0) is 23.5. The minimum atomic E-state index is 0.0607. The summed E-state index contributed by atoms with van der Waals surface area (Å²) < 4.78 is 2.02. The molecule has 3 heterocycles. The van der Waals surface area contributed by atoms with Crippen molar-refractivity contribution in [2.75, 3.05) is 36.4 Å². The van der Waals surface area contributed by atoms with E-state index in [1.807, 2.05) is 83.4 Å². The molecule has 0 bridgehead atoms. The maximum atomic E-state index is 13.0. The van der Waals surface area contributed by atoms with Crippen molar-refractivity contribution in [3.63, 3.8) is 0 Å². The second kappa shape index (κ2) is 9.39. The van der Waals surface area contributed by atoms with Gasteiger partial charge in [-0.3, -0.25) is 4.79 Å². The van der Waals surface area contributed by atoms with Crippen LogP contribution in [0.5, 0.6) is 0 Å². The van der Waals surface area contributed by atoms with Crippen LogP contribution in [0.1, 0.15) is 21.6 Å². The smallest absolute Gasteiger partial charge is 0.253 e. The second-order valence-corrected chi connectivity index (χ2v) is 8.60. The summed E-state index contributed by atoms with van der Waals surface area (Å²) >= 11 is 0. The summed E-state index contributed by atoms with van der Waals surface area (Å²) in [5.41, 5.74) is 4.86. The van der Waals surface area contributed by atoms with Crippen LogP contribution in [0.2, 0.25) is 0 Å². The normalized spacial score (nSPS) is 13.7. The molecule has 0 unspecified atom stereocenters. The standard InChI is InChI=1S/C27H28N6O/c1-20-5-9-23(10-6-20)29-25-19-21(2)28-27(30-25)33-17-15-32(16-18-33)26(34)22-7-11-24(12-8-22)31-13-3-4-14-31/h3-14,19H,15-18H2,1-2H3,(H,28,29,30). The summed E-state index contributed by atoms with van der Waals surface area (Å²) in [4.78, 5) is 26.5. The van der Waals surface area contributed by atoms with E-state index in [0.717, 1.165) is 22.9 Å². The molecular weight excluding hydrogens is 424 g/mol. The number of amides is 1. The Morgan fingerprint density at radius 2 is 1.53 bits per heavy atom. The molecule has 0 radical (unpaired) electrons. The van der Waals surface area contributed by atoms with Crippen molar-refractivity contribution < 1.29 is 4.79 Å². The van der Waals surface area contributed by atoms with Gasteiger partial charge in [-0.25, -0.2) is 4.98 Å². The van der Waals surface area contributed by atoms with Gasteiger partial charge >= 0.3 is 0 Å². The number of carbonyl (C=O) groups excluding carboxylic acids is 1. The topological polar surface area (TPSA) is 66.3 Å². The highest BCUT2D eigenvalue weighted by atomic mass is 16.2. The van der Waals surface area contributed by atoms with Gasteiger partial charge in [-0.1, -0.05) is 17.7 Å². The van der Waals surface area contributed by atoms with Crippen LogP contribution in [0.3, 0.4) is 0 Å². The lowest BCUT2D eigenvalue weighted by Crippen LogP contribution is -2.49. The molecular formula is C27H28N6O. The molecule has 0 spiro atoms. The first-order chi connectivity index (χ1) is 16.5. The fourth-order valence-corrected chi connectivity index (χ4v) is 4.12. The van der Waals surface area contributed by atoms with E-state index < -0.39 is 0 Å². The molecule has 7 nitrogen and oxygen atoms in total. The van der Waals surface area contributed by atoms with Gasteiger partial charge < -0.3 is 19.7 Å². The highest BCUT2D eigenvalue weighted by Gasteiger charge is 2.24. The Hall–Kier alpha value is -4.13. The minimum Gasteiger partial charge on any atom is -0.340 e. The molecule has 1 fully saturated rings. The molecule has 4 aromatic rings. The third-order valence-electron chi connectivity index (χ3n) is 6.03. The number of rotatable bonds is 5. The molecule has 1 saturated heterocycles. The first-order valence-electron chi connectivity index (χ1n) is 11.5. The molecule has 1 aliphatic heterocycles. The predicted molar refractivity (Wildman–Crippen MR) is 135 cm³/mol. The summed E-state index contributed by atoms with van der Waals surface area (Å²) in [6.07, 6.45) is 3.98. The van der Waals surface area contributed by atoms with Crippen LogP contribution in [0.25, 0.3) is 5.69 Å². The lowest BCUT2D eigenvalue weighted by Gasteiger charge is -2.35. The summed E-state index contributed by atoms with van der Waals surface area (Å²) in [7, 11) is 0. The van der Waals surface area contributed by atoms with Gasteiger partial charge in [-0.2, -0.15) is 4.98 Å². The van der Waals surface area contributed by atoms with Gasteiger partial charge in [0.15, 0.2) is 0 Å². The lowest BCUT2D eigenvalue weighted by atomic mass is 10.1. The molecule has 0 aliphatic carbocycles. The monoisotopic (exact) mass is 452 g/mol. The summed E-state index contributed by atoms with van der Waals surface area (Å²) in [6.45, 7) is 6.70. The first-order valence-corrected chi connectivity index (χ1v) is 11.5. The Labute approximate surface area is 199 Å². The van der Waals surface area contributed by atoms with E-state index in [4.69, 9.17) is 4.98 Å². The third-order valence-corrected chi connectivity index (χ3v) is 6.03. The molecule has 7 heteroatoms. The second-order valence-electron chi connectivity index (χ2n) is 8.60. The van der Waals surface area contributed by atoms with Crippen LogP contribution in [0.4, 0.5) is 17.5 Å². The van der Waals surface area contributed by atoms with Gasteiger partial charge in [0.05, 0.1) is 0 Å². The number of nitrogens with zero attached hydrogens (tertiary/aromatic N) is 5. The number of piperazine rings is 1. The molecule has 172 valence electrons. The number of carbonyl (C=O) groups is 1. The Morgan fingerprint density at radius 1 is 0.853 bits per heavy atom. The largest absolute Gasteiger partial charge is 0.340 e. The van der Waals surface area contributed by atoms with Crippen molar-refractivity contribution in [1.29, 1.82) is 0 Å². The molecule has 1 aliphatic rings. The Balaban J connectivity index is 1.23. The van der Waals surface area contributed by atoms with Crippen LogP contribution in [-0.2, 0) is 0 Å². The number of anilines is 3. The average molecular weight is 453 g/mol. The first kappa shape index (κ1) is 21.7. The number of aromatic nitrogens is 3. The van der Waals surface area contributed by atoms with E-state index in [1.54, 1.807) is 0 Å². The molecule has 2 aromatic carbocycles. The maximum Gasteiger partial charge on any atom is 0.253 e. The van der Waals surface area contributed by atoms with E-state index in [9.17, 15) is 4.79 Å². The van der Waals surface area contributed by atoms with Crippen LogP contribution >= 0.6 is 0 Å². The molecule has 0 atom stereocenters. The van der Waals surface area contributed by atoms with Gasteiger partial charge in [0.1, 0.15) is 5.82 Å². The van der Waals surface area contributed by atoms with Crippen molar-refractivity contribution in [3.05, 3.63) is 95.9 Å². The molecule has 2 aromatic heterocycles. The van der Waals surface area contributed by atoms with E-state index in [1.165, 1.54) is 5.56 Å². The quantitative estimate of drug-likeness (QED) is 0.480. The molecule has 34 heavy (non-hydrogen) atoms. The van der Waals surface area contributed by atoms with Crippen LogP contribution in [0.15, 0.2) is 79.1 Å². The predicted octanol–water partition coefficient (Wildman–Crippen LogP) is 4.59. The zero-order valence-corrected chi connectivity index (χ0v) is 19.5. The minimum absolute atomic E-state index is 0.0607. The van der Waals surface area contributed by atoms with Crippen LogP contribution < -0.4 is 10.2 Å². The van der Waals surface area contributed by atoms with Crippen LogP contribution in [-0.4, -0.2) is 51.5 Å². The fraction of sp³-hybridized carbons (Fsp3) is 0.222. The van der Waals surface area contributed by atoms with Crippen molar-refractivity contribution in [2.24, 2.45) is 0 Å².